The second kappa shape index (κ2) is 10.6. The number of hydrogen-bond acceptors (Lipinski definition) is 5. The monoisotopic (exact) mass is 544 g/mol. The first-order chi connectivity index (χ1) is 19.1. The molecule has 202 valence electrons. The molecule has 0 saturated heterocycles. The average Bonchev–Trinajstić information content (AvgIpc) is 2.91. The molecule has 0 aliphatic rings. The van der Waals surface area contributed by atoms with Crippen molar-refractivity contribution in [3.63, 3.8) is 0 Å². The van der Waals surface area contributed by atoms with E-state index >= 15 is 4.39 Å². The second-order valence-electron chi connectivity index (χ2n) is 9.37. The van der Waals surface area contributed by atoms with Crippen LogP contribution in [0.25, 0.3) is 22.2 Å². The minimum Gasteiger partial charge on any atom is -0.452 e. The van der Waals surface area contributed by atoms with Crippen LogP contribution in [0.15, 0.2) is 78.0 Å². The number of hydrogen-bond donors (Lipinski definition) is 1. The Bertz CT molecular complexity index is 1820. The second-order valence-corrected chi connectivity index (χ2v) is 9.37. The standard InChI is InChI=1S/C30H23F3N4O3/c1-16(2)37-15-22(29(38)27(17(37)3)18-4-6-19(31)7-5-18)30(39)36-21-8-9-25(23(33)13-21)40-26-10-11-34-24-12-20(32)14-35-28(24)26/h4-16H,1-3H3,(H,36,39). The lowest BCUT2D eigenvalue weighted by Crippen LogP contribution is -2.26. The van der Waals surface area contributed by atoms with Crippen molar-refractivity contribution in [2.75, 3.05) is 5.32 Å². The molecule has 5 aromatic rings. The van der Waals surface area contributed by atoms with E-state index < -0.39 is 28.8 Å². The largest absolute Gasteiger partial charge is 0.452 e. The Morgan fingerprint density at radius 3 is 2.40 bits per heavy atom. The van der Waals surface area contributed by atoms with Crippen LogP contribution in [-0.4, -0.2) is 20.4 Å². The summed E-state index contributed by atoms with van der Waals surface area (Å²) in [5.74, 6) is -2.53. The molecule has 5 rings (SSSR count). The molecular weight excluding hydrogens is 521 g/mol. The third kappa shape index (κ3) is 5.15. The first-order valence-corrected chi connectivity index (χ1v) is 12.3. The van der Waals surface area contributed by atoms with Crippen molar-refractivity contribution < 1.29 is 22.7 Å². The zero-order valence-electron chi connectivity index (χ0n) is 21.7. The van der Waals surface area contributed by atoms with Crippen molar-refractivity contribution in [2.24, 2.45) is 0 Å². The highest BCUT2D eigenvalue weighted by molar-refractivity contribution is 6.04. The highest BCUT2D eigenvalue weighted by Gasteiger charge is 2.21. The van der Waals surface area contributed by atoms with E-state index in [0.29, 0.717) is 11.3 Å². The first kappa shape index (κ1) is 26.6. The molecule has 3 heterocycles. The summed E-state index contributed by atoms with van der Waals surface area (Å²) in [6, 6.07) is 11.8. The predicted molar refractivity (Wildman–Crippen MR) is 145 cm³/mol. The zero-order chi connectivity index (χ0) is 28.6. The van der Waals surface area contributed by atoms with Crippen molar-refractivity contribution in [1.82, 2.24) is 14.5 Å². The number of amides is 1. The Balaban J connectivity index is 1.45. The normalized spacial score (nSPS) is 11.2. The molecule has 10 heteroatoms. The van der Waals surface area contributed by atoms with Crippen molar-refractivity contribution >= 4 is 22.6 Å². The molecule has 0 aliphatic heterocycles. The van der Waals surface area contributed by atoms with Gasteiger partial charge in [-0.2, -0.15) is 0 Å². The Morgan fingerprint density at radius 2 is 1.70 bits per heavy atom. The van der Waals surface area contributed by atoms with Crippen molar-refractivity contribution in [3.8, 4) is 22.6 Å². The SMILES string of the molecule is Cc1c(-c2ccc(F)cc2)c(=O)c(C(=O)Nc2ccc(Oc3ccnc4cc(F)cnc34)c(F)c2)cn1C(C)C. The van der Waals surface area contributed by atoms with Crippen LogP contribution in [-0.2, 0) is 0 Å². The van der Waals surface area contributed by atoms with Gasteiger partial charge in [0.2, 0.25) is 5.43 Å². The van der Waals surface area contributed by atoms with Crippen molar-refractivity contribution in [2.45, 2.75) is 26.8 Å². The molecule has 0 bridgehead atoms. The number of aromatic nitrogens is 3. The van der Waals surface area contributed by atoms with Gasteiger partial charge in [0.25, 0.3) is 5.91 Å². The first-order valence-electron chi connectivity index (χ1n) is 12.3. The molecule has 0 unspecified atom stereocenters. The molecule has 3 aromatic heterocycles. The van der Waals surface area contributed by atoms with E-state index in [2.05, 4.69) is 15.3 Å². The van der Waals surface area contributed by atoms with Crippen molar-refractivity contribution in [1.29, 1.82) is 0 Å². The topological polar surface area (TPSA) is 86.1 Å². The fourth-order valence-corrected chi connectivity index (χ4v) is 4.42. The molecule has 40 heavy (non-hydrogen) atoms. The minimum absolute atomic E-state index is 0.0875. The zero-order valence-corrected chi connectivity index (χ0v) is 21.7. The maximum atomic E-state index is 15.0. The van der Waals surface area contributed by atoms with Gasteiger partial charge in [-0.1, -0.05) is 12.1 Å². The van der Waals surface area contributed by atoms with Gasteiger partial charge < -0.3 is 14.6 Å². The fourth-order valence-electron chi connectivity index (χ4n) is 4.42. The van der Waals surface area contributed by atoms with Crippen LogP contribution in [0.2, 0.25) is 0 Å². The summed E-state index contributed by atoms with van der Waals surface area (Å²) < 4.78 is 49.5. The van der Waals surface area contributed by atoms with Gasteiger partial charge in [-0.3, -0.25) is 14.6 Å². The van der Waals surface area contributed by atoms with E-state index in [0.717, 1.165) is 12.3 Å². The van der Waals surface area contributed by atoms with Crippen LogP contribution in [0, 0.1) is 24.4 Å². The lowest BCUT2D eigenvalue weighted by atomic mass is 10.00. The number of carbonyl (C=O) groups is 1. The smallest absolute Gasteiger partial charge is 0.261 e. The number of benzene rings is 2. The summed E-state index contributed by atoms with van der Waals surface area (Å²) in [5, 5.41) is 2.57. The molecule has 2 aromatic carbocycles. The molecule has 0 atom stereocenters. The Hall–Kier alpha value is -4.99. The Kier molecular flexibility index (Phi) is 7.08. The molecule has 0 spiro atoms. The molecule has 1 N–H and O–H groups in total. The number of carbonyl (C=O) groups excluding carboxylic acids is 1. The number of fused-ring (bicyclic) bond motifs is 1. The molecule has 0 saturated carbocycles. The quantitative estimate of drug-likeness (QED) is 0.254. The van der Waals surface area contributed by atoms with Crippen LogP contribution in [0.5, 0.6) is 11.5 Å². The fraction of sp³-hybridized carbons (Fsp3) is 0.133. The molecule has 7 nitrogen and oxygen atoms in total. The number of halogens is 3. The predicted octanol–water partition coefficient (Wildman–Crippen LogP) is 6.81. The van der Waals surface area contributed by atoms with Crippen molar-refractivity contribution in [3.05, 3.63) is 112 Å². The van der Waals surface area contributed by atoms with Gasteiger partial charge in [0.15, 0.2) is 17.3 Å². The highest BCUT2D eigenvalue weighted by atomic mass is 19.1. The van der Waals surface area contributed by atoms with E-state index in [9.17, 15) is 18.4 Å². The summed E-state index contributed by atoms with van der Waals surface area (Å²) in [5.41, 5.74) is 1.26. The van der Waals surface area contributed by atoms with Gasteiger partial charge in [0.1, 0.15) is 22.7 Å². The molecule has 0 fully saturated rings. The summed E-state index contributed by atoms with van der Waals surface area (Å²) in [4.78, 5) is 34.7. The summed E-state index contributed by atoms with van der Waals surface area (Å²) in [6.07, 6.45) is 3.85. The number of nitrogens with one attached hydrogen (secondary N) is 1. The molecule has 1 amide bonds. The van der Waals surface area contributed by atoms with Crippen LogP contribution in [0.4, 0.5) is 18.9 Å². The maximum absolute atomic E-state index is 15.0. The van der Waals surface area contributed by atoms with E-state index in [-0.39, 0.29) is 45.4 Å². The summed E-state index contributed by atoms with van der Waals surface area (Å²) >= 11 is 0. The van der Waals surface area contributed by atoms with E-state index in [1.54, 1.807) is 11.5 Å². The third-order valence-corrected chi connectivity index (χ3v) is 6.34. The number of rotatable bonds is 6. The van der Waals surface area contributed by atoms with Gasteiger partial charge in [-0.15, -0.1) is 0 Å². The summed E-state index contributed by atoms with van der Waals surface area (Å²) in [6.45, 7) is 5.56. The molecule has 0 aliphatic carbocycles. The van der Waals surface area contributed by atoms with Gasteiger partial charge in [0, 0.05) is 53.6 Å². The van der Waals surface area contributed by atoms with E-state index in [1.165, 1.54) is 60.9 Å². The lowest BCUT2D eigenvalue weighted by molar-refractivity contribution is 0.102. The van der Waals surface area contributed by atoms with Gasteiger partial charge >= 0.3 is 0 Å². The van der Waals surface area contributed by atoms with Gasteiger partial charge in [0.05, 0.1) is 11.7 Å². The van der Waals surface area contributed by atoms with E-state index in [1.807, 2.05) is 13.8 Å². The highest BCUT2D eigenvalue weighted by Crippen LogP contribution is 2.31. The Morgan fingerprint density at radius 1 is 0.950 bits per heavy atom. The third-order valence-electron chi connectivity index (χ3n) is 6.34. The van der Waals surface area contributed by atoms with Crippen LogP contribution in [0.1, 0.15) is 35.9 Å². The van der Waals surface area contributed by atoms with Crippen LogP contribution < -0.4 is 15.5 Å². The minimum atomic E-state index is -0.791. The van der Waals surface area contributed by atoms with Crippen LogP contribution >= 0.6 is 0 Å². The maximum Gasteiger partial charge on any atom is 0.261 e. The van der Waals surface area contributed by atoms with Gasteiger partial charge in [-0.25, -0.2) is 18.2 Å². The number of nitrogens with zero attached hydrogens (tertiary/aromatic N) is 3. The Labute approximate surface area is 226 Å². The number of pyridine rings is 3. The number of anilines is 1. The number of ether oxygens (including phenoxy) is 1. The summed E-state index contributed by atoms with van der Waals surface area (Å²) in [7, 11) is 0. The molecule has 0 radical (unpaired) electrons. The van der Waals surface area contributed by atoms with Crippen LogP contribution in [0.3, 0.4) is 0 Å². The molecular formula is C30H23F3N4O3. The van der Waals surface area contributed by atoms with Gasteiger partial charge in [-0.05, 0) is 50.6 Å². The lowest BCUT2D eigenvalue weighted by Gasteiger charge is -2.20. The van der Waals surface area contributed by atoms with E-state index in [4.69, 9.17) is 4.74 Å². The average molecular weight is 545 g/mol.